The zero-order chi connectivity index (χ0) is 27.0. The molecule has 7 nitrogen and oxygen atoms in total. The molecule has 1 fully saturated rings. The molecule has 3 aromatic carbocycles. The number of anilines is 1. The van der Waals surface area contributed by atoms with Gasteiger partial charge in [-0.05, 0) is 85.0 Å². The van der Waals surface area contributed by atoms with Crippen molar-refractivity contribution >= 4 is 28.3 Å². The van der Waals surface area contributed by atoms with E-state index in [2.05, 4.69) is 32.9 Å². The van der Waals surface area contributed by atoms with Crippen molar-refractivity contribution in [3.63, 3.8) is 0 Å². The molecule has 0 radical (unpaired) electrons. The summed E-state index contributed by atoms with van der Waals surface area (Å²) in [6.07, 6.45) is 6.52. The van der Waals surface area contributed by atoms with E-state index in [1.807, 2.05) is 78.2 Å². The van der Waals surface area contributed by atoms with Crippen LogP contribution in [0.2, 0.25) is 0 Å². The van der Waals surface area contributed by atoms with Crippen molar-refractivity contribution in [2.45, 2.75) is 63.6 Å². The Bertz CT molecular complexity index is 1430. The van der Waals surface area contributed by atoms with E-state index in [1.54, 1.807) is 0 Å². The van der Waals surface area contributed by atoms with Gasteiger partial charge in [0.15, 0.2) is 16.7 Å². The predicted octanol–water partition coefficient (Wildman–Crippen LogP) is 7.31. The van der Waals surface area contributed by atoms with Gasteiger partial charge in [-0.2, -0.15) is 5.10 Å². The molecule has 0 spiro atoms. The second-order valence-corrected chi connectivity index (χ2v) is 10.8. The second kappa shape index (κ2) is 12.8. The quantitative estimate of drug-likeness (QED) is 0.104. The molecule has 0 unspecified atom stereocenters. The zero-order valence-electron chi connectivity index (χ0n) is 22.3. The number of para-hydroxylation sites is 1. The lowest BCUT2D eigenvalue weighted by atomic mass is 9.84. The van der Waals surface area contributed by atoms with E-state index in [4.69, 9.17) is 4.74 Å². The number of thioether (sulfide) groups is 1. The van der Waals surface area contributed by atoms with E-state index in [1.165, 1.54) is 56.4 Å². The van der Waals surface area contributed by atoms with Crippen LogP contribution in [0.5, 0.6) is 5.75 Å². The van der Waals surface area contributed by atoms with Crippen LogP contribution in [0.3, 0.4) is 0 Å². The third kappa shape index (κ3) is 6.95. The SMILES string of the molecule is CC(=O)/C(=N/Nc1cccc(C)c1)Sc1nnc(COc2ccc(C3CCCCC3)cc2)n1-c1ccccc1. The largest absolute Gasteiger partial charge is 0.486 e. The number of hydrogen-bond donors (Lipinski definition) is 1. The van der Waals surface area contributed by atoms with E-state index in [9.17, 15) is 4.79 Å². The number of nitrogens with zero attached hydrogens (tertiary/aromatic N) is 4. The molecule has 39 heavy (non-hydrogen) atoms. The van der Waals surface area contributed by atoms with Gasteiger partial charge in [0.1, 0.15) is 12.4 Å². The highest BCUT2D eigenvalue weighted by atomic mass is 32.2. The minimum Gasteiger partial charge on any atom is -0.486 e. The van der Waals surface area contributed by atoms with Gasteiger partial charge >= 0.3 is 0 Å². The lowest BCUT2D eigenvalue weighted by Gasteiger charge is -2.22. The number of nitrogens with one attached hydrogen (secondary N) is 1. The molecule has 0 atom stereocenters. The number of ether oxygens (including phenoxy) is 1. The van der Waals surface area contributed by atoms with Crippen LogP contribution in [0.1, 0.15) is 61.9 Å². The summed E-state index contributed by atoms with van der Waals surface area (Å²) >= 11 is 1.17. The van der Waals surface area contributed by atoms with Crippen molar-refractivity contribution in [2.75, 3.05) is 5.43 Å². The van der Waals surface area contributed by atoms with Crippen molar-refractivity contribution in [3.8, 4) is 11.4 Å². The molecular formula is C31H33N5O2S. The standard InChI is InChI=1S/C31H33N5O2S/c1-22-10-9-13-26(20-22)32-34-30(23(2)37)39-31-35-33-29(36(31)27-14-7-4-8-15-27)21-38-28-18-16-25(17-19-28)24-11-5-3-6-12-24/h4,7-10,13-20,24,32H,3,5-6,11-12,21H2,1-2H3/b34-30-. The monoisotopic (exact) mass is 539 g/mol. The van der Waals surface area contributed by atoms with Gasteiger partial charge in [0, 0.05) is 12.6 Å². The fraction of sp³-hybridized carbons (Fsp3) is 0.290. The Hall–Kier alpha value is -3.91. The number of aromatic nitrogens is 3. The zero-order valence-corrected chi connectivity index (χ0v) is 23.2. The highest BCUT2D eigenvalue weighted by Gasteiger charge is 2.20. The van der Waals surface area contributed by atoms with Crippen LogP contribution in [0.4, 0.5) is 5.69 Å². The lowest BCUT2D eigenvalue weighted by Crippen LogP contribution is -2.11. The van der Waals surface area contributed by atoms with Crippen LogP contribution in [-0.2, 0) is 11.4 Å². The molecule has 1 aliphatic carbocycles. The molecule has 0 amide bonds. The highest BCUT2D eigenvalue weighted by molar-refractivity contribution is 8.15. The summed E-state index contributed by atoms with van der Waals surface area (Å²) in [4.78, 5) is 12.5. The van der Waals surface area contributed by atoms with Gasteiger partial charge in [-0.15, -0.1) is 10.2 Å². The molecule has 1 N–H and O–H groups in total. The van der Waals surface area contributed by atoms with Crippen molar-refractivity contribution in [1.82, 2.24) is 14.8 Å². The first kappa shape index (κ1) is 26.7. The van der Waals surface area contributed by atoms with Crippen LogP contribution in [0.15, 0.2) is 89.1 Å². The normalized spacial score (nSPS) is 14.3. The number of Topliss-reactive ketones (excluding diaryl/α,β-unsaturated/α-hetero) is 1. The van der Waals surface area contributed by atoms with Crippen molar-refractivity contribution in [1.29, 1.82) is 0 Å². The molecule has 0 bridgehead atoms. The van der Waals surface area contributed by atoms with E-state index < -0.39 is 0 Å². The first-order valence-electron chi connectivity index (χ1n) is 13.4. The third-order valence-corrected chi connectivity index (χ3v) is 7.85. The first-order chi connectivity index (χ1) is 19.1. The van der Waals surface area contributed by atoms with E-state index in [0.717, 1.165) is 22.7 Å². The minimum absolute atomic E-state index is 0.168. The summed E-state index contributed by atoms with van der Waals surface area (Å²) < 4.78 is 8.05. The molecule has 5 rings (SSSR count). The summed E-state index contributed by atoms with van der Waals surface area (Å²) in [5.41, 5.74) is 7.17. The van der Waals surface area contributed by atoms with Gasteiger partial charge in [0.2, 0.25) is 5.16 Å². The molecule has 0 saturated heterocycles. The van der Waals surface area contributed by atoms with Crippen LogP contribution >= 0.6 is 11.8 Å². The van der Waals surface area contributed by atoms with E-state index >= 15 is 0 Å². The molecule has 0 aliphatic heterocycles. The number of carbonyl (C=O) groups is 1. The lowest BCUT2D eigenvalue weighted by molar-refractivity contribution is -0.110. The maximum Gasteiger partial charge on any atom is 0.202 e. The second-order valence-electron chi connectivity index (χ2n) is 9.82. The number of benzene rings is 3. The smallest absolute Gasteiger partial charge is 0.202 e. The molecule has 1 saturated carbocycles. The van der Waals surface area contributed by atoms with Crippen molar-refractivity contribution in [2.24, 2.45) is 5.10 Å². The van der Waals surface area contributed by atoms with Gasteiger partial charge in [0.05, 0.1) is 5.69 Å². The molecule has 8 heteroatoms. The maximum atomic E-state index is 12.5. The van der Waals surface area contributed by atoms with Crippen molar-refractivity contribution in [3.05, 3.63) is 95.8 Å². The van der Waals surface area contributed by atoms with Crippen LogP contribution in [0, 0.1) is 6.92 Å². The average Bonchev–Trinajstić information content (AvgIpc) is 3.37. The Kier molecular flexibility index (Phi) is 8.73. The Labute approximate surface area is 233 Å². The summed E-state index contributed by atoms with van der Waals surface area (Å²) in [6.45, 7) is 3.74. The summed E-state index contributed by atoms with van der Waals surface area (Å²) in [5, 5.41) is 14.0. The highest BCUT2D eigenvalue weighted by Crippen LogP contribution is 2.33. The number of hydrazone groups is 1. The van der Waals surface area contributed by atoms with Gasteiger partial charge in [0.25, 0.3) is 0 Å². The van der Waals surface area contributed by atoms with Crippen molar-refractivity contribution < 1.29 is 9.53 Å². The molecule has 1 aliphatic rings. The molecular weight excluding hydrogens is 506 g/mol. The van der Waals surface area contributed by atoms with Gasteiger partial charge in [-0.1, -0.05) is 61.7 Å². The fourth-order valence-electron chi connectivity index (χ4n) is 4.81. The number of aryl methyl sites for hydroxylation is 1. The van der Waals surface area contributed by atoms with Gasteiger partial charge in [-0.25, -0.2) is 0 Å². The summed E-state index contributed by atoms with van der Waals surface area (Å²) in [5.74, 6) is 1.92. The number of ketones is 1. The minimum atomic E-state index is -0.168. The number of carbonyl (C=O) groups excluding carboxylic acids is 1. The molecule has 4 aromatic rings. The average molecular weight is 540 g/mol. The fourth-order valence-corrected chi connectivity index (χ4v) is 5.60. The van der Waals surface area contributed by atoms with Crippen LogP contribution in [-0.4, -0.2) is 25.6 Å². The Balaban J connectivity index is 1.35. The predicted molar refractivity (Wildman–Crippen MR) is 157 cm³/mol. The maximum absolute atomic E-state index is 12.5. The molecule has 1 heterocycles. The van der Waals surface area contributed by atoms with Gasteiger partial charge in [-0.3, -0.25) is 14.8 Å². The number of hydrogen-bond acceptors (Lipinski definition) is 7. The molecule has 1 aromatic heterocycles. The number of rotatable bonds is 9. The Morgan fingerprint density at radius 2 is 1.77 bits per heavy atom. The van der Waals surface area contributed by atoms with Crippen LogP contribution in [0.25, 0.3) is 5.69 Å². The topological polar surface area (TPSA) is 81.4 Å². The van der Waals surface area contributed by atoms with Gasteiger partial charge < -0.3 is 4.74 Å². The van der Waals surface area contributed by atoms with E-state index in [0.29, 0.717) is 16.9 Å². The summed E-state index contributed by atoms with van der Waals surface area (Å²) in [7, 11) is 0. The third-order valence-electron chi connectivity index (χ3n) is 6.83. The van der Waals surface area contributed by atoms with E-state index in [-0.39, 0.29) is 17.4 Å². The first-order valence-corrected chi connectivity index (χ1v) is 14.2. The Morgan fingerprint density at radius 3 is 2.49 bits per heavy atom. The van der Waals surface area contributed by atoms with Crippen LogP contribution < -0.4 is 10.2 Å². The molecule has 200 valence electrons. The summed E-state index contributed by atoms with van der Waals surface area (Å²) in [6, 6.07) is 26.1. The Morgan fingerprint density at radius 1 is 1.00 bits per heavy atom.